The molecule has 0 fully saturated rings. The molecule has 0 aliphatic rings. The van der Waals surface area contributed by atoms with Gasteiger partial charge in [-0.1, -0.05) is 18.2 Å². The zero-order valence-corrected chi connectivity index (χ0v) is 4.79. The van der Waals surface area contributed by atoms with Crippen LogP contribution >= 0.6 is 0 Å². The van der Waals surface area contributed by atoms with E-state index in [1.54, 1.807) is 6.26 Å². The molecule has 0 saturated heterocycles. The molecule has 0 unspecified atom stereocenters. The maximum absolute atomic E-state index is 5.06. The van der Waals surface area contributed by atoms with Crippen LogP contribution in [-0.4, -0.2) is 0 Å². The highest BCUT2D eigenvalue weighted by atomic mass is 16.3. The fourth-order valence-electron chi connectivity index (χ4n) is 0.843. The molecule has 9 heavy (non-hydrogen) atoms. The predicted octanol–water partition coefficient (Wildman–Crippen LogP) is 2.23. The minimum atomic E-state index is 0.831. The summed E-state index contributed by atoms with van der Waals surface area (Å²) in [5.74, 6) is 0. The molecule has 43 valence electrons. The molecule has 2 rings (SSSR count). The number of para-hydroxylation sites is 1. The minimum Gasteiger partial charge on any atom is -0.464 e. The van der Waals surface area contributed by atoms with Crippen LogP contribution in [0.25, 0.3) is 11.0 Å². The fourth-order valence-corrected chi connectivity index (χ4v) is 0.843. The number of benzene rings is 1. The highest BCUT2D eigenvalue weighted by Crippen LogP contribution is 2.12. The van der Waals surface area contributed by atoms with Crippen molar-refractivity contribution >= 4 is 11.0 Å². The number of fused-ring (bicyclic) bond motifs is 1. The van der Waals surface area contributed by atoms with E-state index in [2.05, 4.69) is 6.07 Å². The lowest BCUT2D eigenvalue weighted by Gasteiger charge is -1.80. The topological polar surface area (TPSA) is 13.1 Å². The van der Waals surface area contributed by atoms with Crippen LogP contribution in [0.5, 0.6) is 0 Å². The Morgan fingerprint density at radius 2 is 2.33 bits per heavy atom. The lowest BCUT2D eigenvalue weighted by atomic mass is 10.3. The second-order valence-corrected chi connectivity index (χ2v) is 1.88. The van der Waals surface area contributed by atoms with Gasteiger partial charge in [-0.05, 0) is 6.07 Å². The predicted molar refractivity (Wildman–Crippen MR) is 35.1 cm³/mol. The molecule has 0 saturated carbocycles. The molecule has 0 amide bonds. The van der Waals surface area contributed by atoms with Crippen LogP contribution in [0.4, 0.5) is 0 Å². The van der Waals surface area contributed by atoms with Gasteiger partial charge in [-0.3, -0.25) is 0 Å². The van der Waals surface area contributed by atoms with E-state index >= 15 is 0 Å². The molecule has 1 heterocycles. The zero-order valence-electron chi connectivity index (χ0n) is 4.79. The van der Waals surface area contributed by atoms with Gasteiger partial charge in [0.05, 0.1) is 6.26 Å². The molecule has 1 aromatic carbocycles. The zero-order chi connectivity index (χ0) is 6.10. The summed E-state index contributed by atoms with van der Waals surface area (Å²) in [5.41, 5.74) is 0.831. The molecule has 0 spiro atoms. The van der Waals surface area contributed by atoms with Gasteiger partial charge >= 0.3 is 0 Å². The van der Waals surface area contributed by atoms with Crippen molar-refractivity contribution in [2.45, 2.75) is 0 Å². The smallest absolute Gasteiger partial charge is 0.141 e. The SMILES string of the molecule is [c]1cccc2ccoc12. The fraction of sp³-hybridized carbons (Fsp3) is 0. The number of hydrogen-bond donors (Lipinski definition) is 0. The second kappa shape index (κ2) is 1.62. The molecule has 0 aliphatic carbocycles. The number of furan rings is 1. The van der Waals surface area contributed by atoms with E-state index in [9.17, 15) is 0 Å². The summed E-state index contributed by atoms with van der Waals surface area (Å²) >= 11 is 0. The molecule has 2 aromatic rings. The lowest BCUT2D eigenvalue weighted by molar-refractivity contribution is 0.615. The Morgan fingerprint density at radius 3 is 3.22 bits per heavy atom. The standard InChI is InChI=1S/C8H5O/c1-2-4-8-7(3-1)5-6-9-8/h1-3,5-6H. The first kappa shape index (κ1) is 4.62. The van der Waals surface area contributed by atoms with Crippen LogP contribution in [0.15, 0.2) is 34.9 Å². The van der Waals surface area contributed by atoms with Crippen molar-refractivity contribution in [3.8, 4) is 0 Å². The molecule has 1 heteroatoms. The highest BCUT2D eigenvalue weighted by Gasteiger charge is 1.90. The largest absolute Gasteiger partial charge is 0.464 e. The number of rotatable bonds is 0. The molecular weight excluding hydrogens is 112 g/mol. The first-order valence-corrected chi connectivity index (χ1v) is 2.81. The Balaban J connectivity index is 2.95. The average Bonchev–Trinajstić information content (AvgIpc) is 2.33. The van der Waals surface area contributed by atoms with E-state index in [-0.39, 0.29) is 0 Å². The van der Waals surface area contributed by atoms with E-state index in [0.29, 0.717) is 0 Å². The summed E-state index contributed by atoms with van der Waals surface area (Å²) in [6.45, 7) is 0. The third-order valence-electron chi connectivity index (χ3n) is 1.28. The van der Waals surface area contributed by atoms with Crippen LogP contribution in [-0.2, 0) is 0 Å². The van der Waals surface area contributed by atoms with Gasteiger partial charge in [0.2, 0.25) is 0 Å². The van der Waals surface area contributed by atoms with Crippen molar-refractivity contribution in [1.82, 2.24) is 0 Å². The van der Waals surface area contributed by atoms with E-state index in [1.807, 2.05) is 24.3 Å². The summed E-state index contributed by atoms with van der Waals surface area (Å²) in [5, 5.41) is 1.11. The van der Waals surface area contributed by atoms with Gasteiger partial charge in [-0.25, -0.2) is 0 Å². The molecule has 1 radical (unpaired) electrons. The van der Waals surface area contributed by atoms with Gasteiger partial charge in [0, 0.05) is 11.5 Å². The number of hydrogen-bond acceptors (Lipinski definition) is 1. The van der Waals surface area contributed by atoms with Crippen LogP contribution in [0.3, 0.4) is 0 Å². The minimum absolute atomic E-state index is 0.831. The lowest BCUT2D eigenvalue weighted by Crippen LogP contribution is -1.58. The van der Waals surface area contributed by atoms with Crippen molar-refractivity contribution in [2.75, 3.05) is 0 Å². The third kappa shape index (κ3) is 0.617. The molecule has 0 N–H and O–H groups in total. The van der Waals surface area contributed by atoms with Crippen molar-refractivity contribution < 1.29 is 4.42 Å². The average molecular weight is 117 g/mol. The Morgan fingerprint density at radius 1 is 1.33 bits per heavy atom. The summed E-state index contributed by atoms with van der Waals surface area (Å²) < 4.78 is 5.06. The van der Waals surface area contributed by atoms with Crippen LogP contribution in [0, 0.1) is 6.07 Å². The molecule has 0 atom stereocenters. The van der Waals surface area contributed by atoms with Crippen LogP contribution in [0.1, 0.15) is 0 Å². The van der Waals surface area contributed by atoms with E-state index in [4.69, 9.17) is 4.42 Å². The summed E-state index contributed by atoms with van der Waals surface area (Å²) in [4.78, 5) is 0. The van der Waals surface area contributed by atoms with E-state index < -0.39 is 0 Å². The Bertz CT molecular complexity index is 279. The summed E-state index contributed by atoms with van der Waals surface area (Å²) in [6, 6.07) is 10.7. The van der Waals surface area contributed by atoms with Gasteiger partial charge in [-0.2, -0.15) is 0 Å². The molecular formula is C8H5O. The summed E-state index contributed by atoms with van der Waals surface area (Å²) in [6.07, 6.45) is 1.67. The van der Waals surface area contributed by atoms with Crippen LogP contribution in [0.2, 0.25) is 0 Å². The van der Waals surface area contributed by atoms with Gasteiger partial charge in [-0.15, -0.1) is 0 Å². The Kier molecular flexibility index (Phi) is 0.833. The summed E-state index contributed by atoms with van der Waals surface area (Å²) in [7, 11) is 0. The third-order valence-corrected chi connectivity index (χ3v) is 1.28. The van der Waals surface area contributed by atoms with Crippen molar-refractivity contribution in [3.63, 3.8) is 0 Å². The monoisotopic (exact) mass is 117 g/mol. The van der Waals surface area contributed by atoms with Crippen molar-refractivity contribution in [1.29, 1.82) is 0 Å². The molecule has 1 aromatic heterocycles. The first-order chi connectivity index (χ1) is 4.47. The second-order valence-electron chi connectivity index (χ2n) is 1.88. The first-order valence-electron chi connectivity index (χ1n) is 2.81. The normalized spacial score (nSPS) is 10.2. The Labute approximate surface area is 52.9 Å². The van der Waals surface area contributed by atoms with E-state index in [0.717, 1.165) is 11.0 Å². The van der Waals surface area contributed by atoms with Gasteiger partial charge in [0.15, 0.2) is 0 Å². The van der Waals surface area contributed by atoms with Gasteiger partial charge < -0.3 is 4.42 Å². The maximum atomic E-state index is 5.06. The molecule has 1 nitrogen and oxygen atoms in total. The highest BCUT2D eigenvalue weighted by molar-refractivity contribution is 5.75. The molecule has 0 bridgehead atoms. The van der Waals surface area contributed by atoms with Gasteiger partial charge in [0.25, 0.3) is 0 Å². The van der Waals surface area contributed by atoms with Gasteiger partial charge in [0.1, 0.15) is 5.58 Å². The van der Waals surface area contributed by atoms with Crippen molar-refractivity contribution in [3.05, 3.63) is 36.6 Å². The van der Waals surface area contributed by atoms with Crippen LogP contribution < -0.4 is 0 Å². The Hall–Kier alpha value is -1.24. The van der Waals surface area contributed by atoms with E-state index in [1.165, 1.54) is 0 Å². The maximum Gasteiger partial charge on any atom is 0.141 e. The quantitative estimate of drug-likeness (QED) is 0.515. The molecule has 0 aliphatic heterocycles. The van der Waals surface area contributed by atoms with Crippen molar-refractivity contribution in [2.24, 2.45) is 0 Å².